The van der Waals surface area contributed by atoms with E-state index in [4.69, 9.17) is 19.4 Å². The van der Waals surface area contributed by atoms with Crippen LogP contribution in [0.5, 0.6) is 11.5 Å². The SMILES string of the molecule is COc1ccc2c(O[C@@H]3C[C@H]4C(=O)N[C@]5(C(=O)O)CC5C=CCCCCC[C@H](NC(=O)NC(CN5Cc6ccccc6S5(=O)=O)=C5CCCCC5)C(=O)N4C3)cc(-c3csc(NC(C)C)n3)nc2c1. The number of nitrogens with one attached hydrogen (secondary N) is 4. The largest absolute Gasteiger partial charge is 0.497 e. The first kappa shape index (κ1) is 48.0. The number of hydrogen-bond donors (Lipinski definition) is 5. The normalized spacial score (nSPS) is 24.9. The topological polar surface area (TPSA) is 221 Å². The van der Waals surface area contributed by atoms with Crippen LogP contribution in [0.3, 0.4) is 0 Å². The van der Waals surface area contributed by atoms with Crippen molar-refractivity contribution in [2.24, 2.45) is 5.92 Å². The lowest BCUT2D eigenvalue weighted by molar-refractivity contribution is -0.145. The number of ether oxygens (including phenoxy) is 2. The third-order valence-electron chi connectivity index (χ3n) is 13.8. The lowest BCUT2D eigenvalue weighted by Crippen LogP contribution is -2.57. The number of rotatable bonds is 11. The molecule has 4 aromatic rings. The van der Waals surface area contributed by atoms with E-state index in [0.29, 0.717) is 70.7 Å². The van der Waals surface area contributed by atoms with Gasteiger partial charge in [0.2, 0.25) is 21.8 Å². The van der Waals surface area contributed by atoms with Crippen molar-refractivity contribution < 1.29 is 42.2 Å². The number of carbonyl (C=O) groups excluding carboxylic acids is 3. The molecule has 69 heavy (non-hydrogen) atoms. The molecule has 5 atom stereocenters. The molecule has 2 saturated carbocycles. The van der Waals surface area contributed by atoms with Gasteiger partial charge in [0.1, 0.15) is 40.9 Å². The Kier molecular flexibility index (Phi) is 14.0. The van der Waals surface area contributed by atoms with Crippen molar-refractivity contribution >= 4 is 61.2 Å². The van der Waals surface area contributed by atoms with Gasteiger partial charge in [0.05, 0.1) is 36.3 Å². The van der Waals surface area contributed by atoms with Crippen molar-refractivity contribution in [2.75, 3.05) is 25.5 Å². The minimum Gasteiger partial charge on any atom is -0.497 e. The summed E-state index contributed by atoms with van der Waals surface area (Å²) >= 11 is 1.45. The molecular weight excluding hydrogens is 921 g/mol. The number of aliphatic carboxylic acids is 1. The van der Waals surface area contributed by atoms with Gasteiger partial charge in [-0.3, -0.25) is 9.59 Å². The van der Waals surface area contributed by atoms with Gasteiger partial charge in [-0.2, -0.15) is 4.31 Å². The van der Waals surface area contributed by atoms with Gasteiger partial charge in [-0.15, -0.1) is 11.3 Å². The minimum absolute atomic E-state index is 0.0318. The Morgan fingerprint density at radius 3 is 2.58 bits per heavy atom. The lowest BCUT2D eigenvalue weighted by Gasteiger charge is -2.30. The number of nitrogens with zero attached hydrogens (tertiary/aromatic N) is 4. The number of benzene rings is 2. The first-order valence-electron chi connectivity index (χ1n) is 24.0. The Bertz CT molecular complexity index is 2800. The Balaban J connectivity index is 1.01. The van der Waals surface area contributed by atoms with Crippen LogP contribution < -0.4 is 30.7 Å². The van der Waals surface area contributed by atoms with E-state index in [-0.39, 0.29) is 49.8 Å². The first-order valence-corrected chi connectivity index (χ1v) is 26.3. The highest BCUT2D eigenvalue weighted by Crippen LogP contribution is 2.46. The third kappa shape index (κ3) is 10.3. The molecule has 0 radical (unpaired) electrons. The summed E-state index contributed by atoms with van der Waals surface area (Å²) in [4.78, 5) is 68.1. The van der Waals surface area contributed by atoms with E-state index in [1.165, 1.54) is 20.5 Å². The van der Waals surface area contributed by atoms with Crippen LogP contribution in [0, 0.1) is 5.92 Å². The summed E-state index contributed by atoms with van der Waals surface area (Å²) in [6, 6.07) is 11.4. The lowest BCUT2D eigenvalue weighted by atomic mass is 9.93. The number of sulfonamides is 1. The molecule has 2 aliphatic carbocycles. The number of allylic oxidation sites excluding steroid dienone is 2. The highest BCUT2D eigenvalue weighted by Gasteiger charge is 2.61. The molecule has 5 N–H and O–H groups in total. The van der Waals surface area contributed by atoms with E-state index in [9.17, 15) is 27.9 Å². The van der Waals surface area contributed by atoms with Crippen molar-refractivity contribution in [1.29, 1.82) is 0 Å². The quantitative estimate of drug-likeness (QED) is 0.0950. The molecule has 0 bridgehead atoms. The summed E-state index contributed by atoms with van der Waals surface area (Å²) in [6.07, 6.45) is 10.6. The first-order chi connectivity index (χ1) is 33.2. The Hall–Kier alpha value is -6.05. The molecule has 17 nitrogen and oxygen atoms in total. The molecule has 5 aliphatic rings. The Labute approximate surface area is 406 Å². The third-order valence-corrected chi connectivity index (χ3v) is 16.5. The number of carboxylic acid groups (broad SMARTS) is 1. The predicted octanol–water partition coefficient (Wildman–Crippen LogP) is 7.11. The van der Waals surface area contributed by atoms with Crippen LogP contribution in [-0.4, -0.2) is 106 Å². The maximum Gasteiger partial charge on any atom is 0.330 e. The molecule has 2 aromatic heterocycles. The van der Waals surface area contributed by atoms with Gasteiger partial charge in [0, 0.05) is 53.5 Å². The summed E-state index contributed by atoms with van der Waals surface area (Å²) in [6.45, 7) is 4.15. The number of aromatic nitrogens is 2. The number of thiazole rings is 1. The van der Waals surface area contributed by atoms with Crippen molar-refractivity contribution in [3.05, 3.63) is 82.9 Å². The van der Waals surface area contributed by atoms with Crippen LogP contribution in [0.15, 0.2) is 82.2 Å². The zero-order valence-corrected chi connectivity index (χ0v) is 40.8. The summed E-state index contributed by atoms with van der Waals surface area (Å²) in [5.41, 5.74) is 2.39. The zero-order valence-electron chi connectivity index (χ0n) is 39.2. The number of fused-ring (bicyclic) bond motifs is 4. The van der Waals surface area contributed by atoms with Gasteiger partial charge >= 0.3 is 12.0 Å². The van der Waals surface area contributed by atoms with E-state index >= 15 is 4.79 Å². The molecule has 0 spiro atoms. The molecule has 9 rings (SSSR count). The van der Waals surface area contributed by atoms with Gasteiger partial charge in [0.25, 0.3) is 0 Å². The van der Waals surface area contributed by atoms with Crippen LogP contribution in [0.2, 0.25) is 0 Å². The molecule has 2 aromatic carbocycles. The summed E-state index contributed by atoms with van der Waals surface area (Å²) in [5.74, 6) is -1.66. The minimum atomic E-state index is -3.81. The number of pyridine rings is 1. The zero-order chi connectivity index (χ0) is 48.5. The molecule has 4 amide bonds. The van der Waals surface area contributed by atoms with Gasteiger partial charge in [0.15, 0.2) is 5.13 Å². The molecule has 5 heterocycles. The predicted molar refractivity (Wildman–Crippen MR) is 261 cm³/mol. The molecule has 3 aliphatic heterocycles. The average molecular weight is 981 g/mol. The molecule has 19 heteroatoms. The number of hydrogen-bond acceptors (Lipinski definition) is 12. The van der Waals surface area contributed by atoms with E-state index in [1.807, 2.05) is 37.4 Å². The monoisotopic (exact) mass is 980 g/mol. The van der Waals surface area contributed by atoms with Crippen molar-refractivity contribution in [1.82, 2.24) is 35.1 Å². The Morgan fingerprint density at radius 2 is 1.81 bits per heavy atom. The maximum absolute atomic E-state index is 15.1. The van der Waals surface area contributed by atoms with Gasteiger partial charge in [-0.1, -0.05) is 49.6 Å². The van der Waals surface area contributed by atoms with E-state index < -0.39 is 63.5 Å². The second-order valence-corrected chi connectivity index (χ2v) is 21.8. The van der Waals surface area contributed by atoms with Crippen LogP contribution >= 0.6 is 11.3 Å². The van der Waals surface area contributed by atoms with Crippen molar-refractivity contribution in [3.8, 4) is 22.9 Å². The number of anilines is 1. The molecule has 3 fully saturated rings. The summed E-state index contributed by atoms with van der Waals surface area (Å²) < 4.78 is 41.1. The highest BCUT2D eigenvalue weighted by atomic mass is 32.2. The summed E-state index contributed by atoms with van der Waals surface area (Å²) in [5, 5.41) is 25.9. The molecule has 1 saturated heterocycles. The second kappa shape index (κ2) is 20.1. The number of urea groups is 1. The van der Waals surface area contributed by atoms with E-state index in [2.05, 4.69) is 21.3 Å². The fourth-order valence-corrected chi connectivity index (χ4v) is 12.5. The molecule has 1 unspecified atom stereocenters. The fraction of sp³-hybridized carbons (Fsp3) is 0.480. The number of methoxy groups -OCH3 is 1. The van der Waals surface area contributed by atoms with Gasteiger partial charge < -0.3 is 40.7 Å². The second-order valence-electron chi connectivity index (χ2n) is 19.0. The maximum atomic E-state index is 15.1. The van der Waals surface area contributed by atoms with Crippen LogP contribution in [0.4, 0.5) is 9.93 Å². The van der Waals surface area contributed by atoms with Crippen LogP contribution in [0.1, 0.15) is 96.5 Å². The van der Waals surface area contributed by atoms with Crippen LogP contribution in [-0.2, 0) is 31.0 Å². The average Bonchev–Trinajstić information content (AvgIpc) is 3.56. The molecular formula is C50H60N8O9S2. The molecule has 366 valence electrons. The number of carboxylic acids is 1. The fourth-order valence-electron chi connectivity index (χ4n) is 10.0. The van der Waals surface area contributed by atoms with E-state index in [1.54, 1.807) is 49.6 Å². The van der Waals surface area contributed by atoms with Gasteiger partial charge in [-0.05, 0) is 94.5 Å². The van der Waals surface area contributed by atoms with E-state index in [0.717, 1.165) is 42.8 Å². The number of carbonyl (C=O) groups is 4. The standard InChI is InChI=1S/C50H60N8O9S2/c1-30(2)51-49-55-41(29-68-49)39-24-43(36-21-20-34(66-3)22-38(36)52-39)67-35-23-42-45(59)56-50(47(61)62)25-33(50)17-10-5-4-6-11-18-37(46(60)58(42)27-35)53-48(63)54-40(31-14-8-7-9-15-31)28-57-26-32-16-12-13-19-44(32)69(57,64)65/h10,12-13,16-17,19-22,24,29-30,33,35,37,42H,4-9,11,14-15,18,23,25-28H2,1-3H3,(H,51,55)(H,56,59)(H,61,62)(H2,53,54,63)/t33?,35-,37+,42+,50-/m1/s1. The van der Waals surface area contributed by atoms with Crippen molar-refractivity contribution in [3.63, 3.8) is 0 Å². The number of amides is 4. The summed E-state index contributed by atoms with van der Waals surface area (Å²) in [7, 11) is -2.24. The Morgan fingerprint density at radius 1 is 1.01 bits per heavy atom. The van der Waals surface area contributed by atoms with Crippen LogP contribution in [0.25, 0.3) is 22.3 Å². The highest BCUT2D eigenvalue weighted by molar-refractivity contribution is 7.89. The van der Waals surface area contributed by atoms with Crippen molar-refractivity contribution in [2.45, 2.75) is 132 Å². The smallest absolute Gasteiger partial charge is 0.330 e. The van der Waals surface area contributed by atoms with Gasteiger partial charge in [-0.25, -0.2) is 28.0 Å².